The predicted molar refractivity (Wildman–Crippen MR) is 119 cm³/mol. The molecule has 1 aliphatic rings. The Bertz CT molecular complexity index is 1050. The zero-order chi connectivity index (χ0) is 23.1. The van der Waals surface area contributed by atoms with Gasteiger partial charge in [-0.2, -0.15) is 4.31 Å². The average molecular weight is 482 g/mol. The first-order valence-electron chi connectivity index (χ1n) is 10.4. The largest absolute Gasteiger partial charge is 0.348 e. The lowest BCUT2D eigenvalue weighted by Gasteiger charge is -2.34. The summed E-state index contributed by atoms with van der Waals surface area (Å²) in [6.45, 7) is 0.711. The topological polar surface area (TPSA) is 95.6 Å². The van der Waals surface area contributed by atoms with Gasteiger partial charge in [0.2, 0.25) is 10.0 Å². The number of carbonyl (C=O) groups excluding carboxylic acids is 2. The fraction of sp³-hybridized carbons (Fsp3) is 0.364. The number of piperidine rings is 1. The molecule has 32 heavy (non-hydrogen) atoms. The Morgan fingerprint density at radius 3 is 2.34 bits per heavy atom. The van der Waals surface area contributed by atoms with Crippen molar-refractivity contribution in [1.29, 1.82) is 0 Å². The SMILES string of the molecule is O=C(NCC[C@@H]1CCCCN1S(=O)(=O)c1ccc(F)cc1)C(=O)NCc1ccc(Cl)cc1. The lowest BCUT2D eigenvalue weighted by atomic mass is 10.0. The van der Waals surface area contributed by atoms with E-state index in [9.17, 15) is 22.4 Å². The van der Waals surface area contributed by atoms with Gasteiger partial charge in [-0.25, -0.2) is 12.8 Å². The Morgan fingerprint density at radius 2 is 1.66 bits per heavy atom. The van der Waals surface area contributed by atoms with Crippen molar-refractivity contribution in [1.82, 2.24) is 14.9 Å². The number of hydrogen-bond acceptors (Lipinski definition) is 4. The molecule has 2 aromatic rings. The lowest BCUT2D eigenvalue weighted by molar-refractivity contribution is -0.139. The second kappa shape index (κ2) is 10.9. The highest BCUT2D eigenvalue weighted by molar-refractivity contribution is 7.89. The van der Waals surface area contributed by atoms with Crippen LogP contribution < -0.4 is 10.6 Å². The molecule has 10 heteroatoms. The highest BCUT2D eigenvalue weighted by Gasteiger charge is 2.33. The number of sulfonamides is 1. The molecule has 1 saturated heterocycles. The Labute approximate surface area is 192 Å². The number of nitrogens with zero attached hydrogens (tertiary/aromatic N) is 1. The third kappa shape index (κ3) is 6.27. The van der Waals surface area contributed by atoms with E-state index in [-0.39, 0.29) is 24.0 Å². The molecule has 2 N–H and O–H groups in total. The van der Waals surface area contributed by atoms with E-state index >= 15 is 0 Å². The summed E-state index contributed by atoms with van der Waals surface area (Å²) in [5, 5.41) is 5.67. The van der Waals surface area contributed by atoms with Crippen LogP contribution in [0.25, 0.3) is 0 Å². The zero-order valence-corrected chi connectivity index (χ0v) is 19.0. The molecule has 0 unspecified atom stereocenters. The minimum absolute atomic E-state index is 0.0383. The molecule has 1 heterocycles. The van der Waals surface area contributed by atoms with E-state index in [1.54, 1.807) is 24.3 Å². The Hall–Kier alpha value is -2.49. The first-order valence-corrected chi connectivity index (χ1v) is 12.2. The van der Waals surface area contributed by atoms with Gasteiger partial charge in [0.1, 0.15) is 5.82 Å². The van der Waals surface area contributed by atoms with Crippen LogP contribution in [0.5, 0.6) is 0 Å². The van der Waals surface area contributed by atoms with E-state index in [4.69, 9.17) is 11.6 Å². The monoisotopic (exact) mass is 481 g/mol. The summed E-state index contributed by atoms with van der Waals surface area (Å²) in [6, 6.07) is 11.3. The van der Waals surface area contributed by atoms with Crippen molar-refractivity contribution in [3.05, 3.63) is 64.9 Å². The van der Waals surface area contributed by atoms with Gasteiger partial charge >= 0.3 is 11.8 Å². The molecule has 2 aromatic carbocycles. The Kier molecular flexibility index (Phi) is 8.22. The number of hydrogen-bond donors (Lipinski definition) is 2. The summed E-state index contributed by atoms with van der Waals surface area (Å²) >= 11 is 5.82. The van der Waals surface area contributed by atoms with Crippen LogP contribution in [-0.4, -0.2) is 43.7 Å². The summed E-state index contributed by atoms with van der Waals surface area (Å²) < 4.78 is 40.6. The van der Waals surface area contributed by atoms with E-state index in [1.165, 1.54) is 16.4 Å². The number of carbonyl (C=O) groups is 2. The van der Waals surface area contributed by atoms with Gasteiger partial charge in [-0.15, -0.1) is 0 Å². The molecule has 0 saturated carbocycles. The smallest absolute Gasteiger partial charge is 0.309 e. The zero-order valence-electron chi connectivity index (χ0n) is 17.4. The number of benzene rings is 2. The molecule has 0 spiro atoms. The van der Waals surface area contributed by atoms with Crippen LogP contribution in [0.15, 0.2) is 53.4 Å². The lowest BCUT2D eigenvalue weighted by Crippen LogP contribution is -2.46. The summed E-state index contributed by atoms with van der Waals surface area (Å²) in [6.07, 6.45) is 2.63. The van der Waals surface area contributed by atoms with Crippen LogP contribution in [0.3, 0.4) is 0 Å². The molecule has 1 fully saturated rings. The van der Waals surface area contributed by atoms with Gasteiger partial charge in [0, 0.05) is 30.7 Å². The van der Waals surface area contributed by atoms with Gasteiger partial charge in [0.25, 0.3) is 0 Å². The fourth-order valence-corrected chi connectivity index (χ4v) is 5.47. The van der Waals surface area contributed by atoms with E-state index in [0.29, 0.717) is 24.4 Å². The number of rotatable bonds is 7. The van der Waals surface area contributed by atoms with Crippen LogP contribution >= 0.6 is 11.6 Å². The molecule has 0 bridgehead atoms. The van der Waals surface area contributed by atoms with Gasteiger partial charge in [0.15, 0.2) is 0 Å². The summed E-state index contributed by atoms with van der Waals surface area (Å²) in [5.41, 5.74) is 0.805. The van der Waals surface area contributed by atoms with Crippen molar-refractivity contribution in [2.24, 2.45) is 0 Å². The molecule has 1 aliphatic heterocycles. The predicted octanol–water partition coefficient (Wildman–Crippen LogP) is 2.85. The van der Waals surface area contributed by atoms with Gasteiger partial charge in [-0.1, -0.05) is 30.2 Å². The van der Waals surface area contributed by atoms with Crippen LogP contribution in [0.1, 0.15) is 31.2 Å². The average Bonchev–Trinajstić information content (AvgIpc) is 2.79. The normalized spacial score (nSPS) is 17.0. The number of halogens is 2. The van der Waals surface area contributed by atoms with Crippen LogP contribution in [0.2, 0.25) is 5.02 Å². The maximum Gasteiger partial charge on any atom is 0.309 e. The van der Waals surface area contributed by atoms with Gasteiger partial charge in [-0.3, -0.25) is 9.59 Å². The summed E-state index contributed by atoms with van der Waals surface area (Å²) in [4.78, 5) is 24.1. The molecular formula is C22H25ClFN3O4S. The third-order valence-corrected chi connectivity index (χ3v) is 7.55. The Balaban J connectivity index is 1.51. The van der Waals surface area contributed by atoms with E-state index < -0.39 is 27.7 Å². The van der Waals surface area contributed by atoms with Crippen LogP contribution in [-0.2, 0) is 26.2 Å². The minimum Gasteiger partial charge on any atom is -0.348 e. The molecular weight excluding hydrogens is 457 g/mol. The van der Waals surface area contributed by atoms with E-state index in [0.717, 1.165) is 30.5 Å². The Morgan fingerprint density at radius 1 is 1.00 bits per heavy atom. The summed E-state index contributed by atoms with van der Waals surface area (Å²) in [7, 11) is -3.77. The minimum atomic E-state index is -3.77. The van der Waals surface area contributed by atoms with E-state index in [1.807, 2.05) is 0 Å². The van der Waals surface area contributed by atoms with Gasteiger partial charge < -0.3 is 10.6 Å². The van der Waals surface area contributed by atoms with Gasteiger partial charge in [0.05, 0.1) is 4.90 Å². The van der Waals surface area contributed by atoms with Gasteiger partial charge in [-0.05, 0) is 61.2 Å². The van der Waals surface area contributed by atoms with Crippen molar-refractivity contribution in [3.63, 3.8) is 0 Å². The highest BCUT2D eigenvalue weighted by atomic mass is 35.5. The summed E-state index contributed by atoms with van der Waals surface area (Å²) in [5.74, 6) is -2.04. The number of nitrogens with one attached hydrogen (secondary N) is 2. The second-order valence-electron chi connectivity index (χ2n) is 7.57. The molecule has 0 aliphatic carbocycles. The first-order chi connectivity index (χ1) is 15.3. The second-order valence-corrected chi connectivity index (χ2v) is 9.90. The van der Waals surface area contributed by atoms with Crippen molar-refractivity contribution < 1.29 is 22.4 Å². The molecule has 172 valence electrons. The molecule has 7 nitrogen and oxygen atoms in total. The van der Waals surface area contributed by atoms with Crippen LogP contribution in [0, 0.1) is 5.82 Å². The molecule has 1 atom stereocenters. The molecule has 2 amide bonds. The standard InChI is InChI=1S/C22H25ClFN3O4S/c23-17-6-4-16(5-7-17)15-26-22(29)21(28)25-13-12-19-3-1-2-14-27(19)32(30,31)20-10-8-18(24)9-11-20/h4-11,19H,1-3,12-15H2,(H,25,28)(H,26,29)/t19-/m0/s1. The molecule has 0 aromatic heterocycles. The van der Waals surface area contributed by atoms with E-state index in [2.05, 4.69) is 10.6 Å². The van der Waals surface area contributed by atoms with Crippen molar-refractivity contribution in [2.45, 2.75) is 43.2 Å². The molecule has 0 radical (unpaired) electrons. The highest BCUT2D eigenvalue weighted by Crippen LogP contribution is 2.27. The quantitative estimate of drug-likeness (QED) is 0.594. The van der Waals surface area contributed by atoms with Crippen molar-refractivity contribution >= 4 is 33.4 Å². The fourth-order valence-electron chi connectivity index (χ4n) is 3.62. The number of amides is 2. The maximum absolute atomic E-state index is 13.2. The third-order valence-electron chi connectivity index (χ3n) is 5.33. The van der Waals surface area contributed by atoms with Crippen molar-refractivity contribution in [2.75, 3.05) is 13.1 Å². The van der Waals surface area contributed by atoms with Crippen molar-refractivity contribution in [3.8, 4) is 0 Å². The van der Waals surface area contributed by atoms with Crippen LogP contribution in [0.4, 0.5) is 4.39 Å². The maximum atomic E-state index is 13.2. The first kappa shape index (κ1) is 24.2. The molecule has 3 rings (SSSR count).